The van der Waals surface area contributed by atoms with Crippen LogP contribution in [0.2, 0.25) is 0 Å². The molecule has 0 spiro atoms. The first-order valence-electron chi connectivity index (χ1n) is 3.06. The van der Waals surface area contributed by atoms with Crippen LogP contribution in [-0.4, -0.2) is 16.4 Å². The second kappa shape index (κ2) is 3.37. The van der Waals surface area contributed by atoms with Crippen LogP contribution in [-0.2, 0) is 0 Å². The summed E-state index contributed by atoms with van der Waals surface area (Å²) in [6, 6.07) is 2.65. The third-order valence-electron chi connectivity index (χ3n) is 1.28. The largest absolute Gasteiger partial charge is 0.274 e. The minimum Gasteiger partial charge on any atom is -0.274 e. The summed E-state index contributed by atoms with van der Waals surface area (Å²) in [5.74, 6) is -1.41. The number of aromatic nitrogens is 1. The lowest BCUT2D eigenvalue weighted by Gasteiger charge is -1.96. The summed E-state index contributed by atoms with van der Waals surface area (Å²) in [5, 5.41) is 8.44. The molecular weight excluding hydrogens is 183 g/mol. The normalized spacial score (nSPS) is 9.42. The molecular formula is C7H4ClFN2O. The van der Waals surface area contributed by atoms with Crippen molar-refractivity contribution in [2.75, 3.05) is 5.88 Å². The molecule has 3 nitrogen and oxygen atoms in total. The van der Waals surface area contributed by atoms with Gasteiger partial charge in [-0.3, -0.25) is 9.36 Å². The Balaban J connectivity index is 3.15. The van der Waals surface area contributed by atoms with Crippen LogP contribution in [0.5, 0.6) is 0 Å². The highest BCUT2D eigenvalue weighted by Gasteiger charge is 2.10. The molecule has 0 saturated heterocycles. The fraction of sp³-hybridized carbons (Fsp3) is 0.143. The van der Waals surface area contributed by atoms with E-state index in [1.807, 2.05) is 0 Å². The average Bonchev–Trinajstić information content (AvgIpc) is 2.45. The van der Waals surface area contributed by atoms with E-state index in [-0.39, 0.29) is 11.6 Å². The smallest absolute Gasteiger partial charge is 0.246 e. The molecule has 1 aromatic rings. The van der Waals surface area contributed by atoms with Crippen molar-refractivity contribution in [1.82, 2.24) is 4.57 Å². The predicted molar refractivity (Wildman–Crippen MR) is 40.5 cm³/mol. The van der Waals surface area contributed by atoms with Crippen molar-refractivity contribution >= 4 is 17.5 Å². The molecule has 0 radical (unpaired) electrons. The summed E-state index contributed by atoms with van der Waals surface area (Å²) in [4.78, 5) is 10.9. The van der Waals surface area contributed by atoms with Gasteiger partial charge in [0.1, 0.15) is 23.5 Å². The molecule has 12 heavy (non-hydrogen) atoms. The Labute approximate surface area is 73.0 Å². The van der Waals surface area contributed by atoms with Gasteiger partial charge in [0, 0.05) is 12.3 Å². The molecule has 0 fully saturated rings. The standard InChI is InChI=1S/C7H4ClFN2O/c8-2-7(12)11-4-5(9)1-6(11)3-10/h1,4H,2H2. The minimum atomic E-state index is -0.620. The number of hydrogen-bond donors (Lipinski definition) is 0. The molecule has 0 aliphatic carbocycles. The van der Waals surface area contributed by atoms with Gasteiger partial charge in [-0.2, -0.15) is 5.26 Å². The van der Waals surface area contributed by atoms with Gasteiger partial charge in [0.15, 0.2) is 0 Å². The molecule has 0 aliphatic rings. The summed E-state index contributed by atoms with van der Waals surface area (Å²) in [6.45, 7) is 0. The highest BCUT2D eigenvalue weighted by Crippen LogP contribution is 2.05. The van der Waals surface area contributed by atoms with Gasteiger partial charge < -0.3 is 0 Å². The third kappa shape index (κ3) is 1.46. The molecule has 62 valence electrons. The number of halogens is 2. The quantitative estimate of drug-likeness (QED) is 0.622. The number of nitrogens with zero attached hydrogens (tertiary/aromatic N) is 2. The van der Waals surface area contributed by atoms with Gasteiger partial charge in [0.2, 0.25) is 5.91 Å². The topological polar surface area (TPSA) is 45.8 Å². The van der Waals surface area contributed by atoms with Crippen LogP contribution in [0.4, 0.5) is 4.39 Å². The SMILES string of the molecule is N#Cc1cc(F)cn1C(=O)CCl. The lowest BCUT2D eigenvalue weighted by Crippen LogP contribution is -2.12. The van der Waals surface area contributed by atoms with Crippen molar-refractivity contribution in [3.63, 3.8) is 0 Å². The maximum Gasteiger partial charge on any atom is 0.246 e. The van der Waals surface area contributed by atoms with Crippen LogP contribution < -0.4 is 0 Å². The van der Waals surface area contributed by atoms with E-state index in [0.717, 1.165) is 16.8 Å². The molecule has 0 bridgehead atoms. The second-order valence-corrected chi connectivity index (χ2v) is 2.32. The summed E-state index contributed by atoms with van der Waals surface area (Å²) in [6.07, 6.45) is 0.934. The van der Waals surface area contributed by atoms with Crippen molar-refractivity contribution in [2.45, 2.75) is 0 Å². The van der Waals surface area contributed by atoms with E-state index >= 15 is 0 Å². The van der Waals surface area contributed by atoms with E-state index in [4.69, 9.17) is 16.9 Å². The predicted octanol–water partition coefficient (Wildman–Crippen LogP) is 1.38. The fourth-order valence-corrected chi connectivity index (χ4v) is 0.916. The van der Waals surface area contributed by atoms with E-state index in [1.165, 1.54) is 0 Å². The summed E-state index contributed by atoms with van der Waals surface area (Å²) in [7, 11) is 0. The zero-order valence-corrected chi connectivity index (χ0v) is 6.68. The number of hydrogen-bond acceptors (Lipinski definition) is 2. The Hall–Kier alpha value is -1.34. The van der Waals surface area contributed by atoms with E-state index in [1.54, 1.807) is 6.07 Å². The monoisotopic (exact) mass is 186 g/mol. The van der Waals surface area contributed by atoms with Crippen LogP contribution in [0.1, 0.15) is 10.5 Å². The highest BCUT2D eigenvalue weighted by molar-refractivity contribution is 6.27. The Bertz CT molecular complexity index is 353. The van der Waals surface area contributed by atoms with Crippen molar-refractivity contribution in [3.8, 4) is 6.07 Å². The molecule has 0 saturated carbocycles. The summed E-state index contributed by atoms with van der Waals surface area (Å²) < 4.78 is 13.4. The summed E-state index contributed by atoms with van der Waals surface area (Å²) in [5.41, 5.74) is -0.0434. The fourth-order valence-electron chi connectivity index (χ4n) is 0.787. The van der Waals surface area contributed by atoms with Crippen LogP contribution in [0.15, 0.2) is 12.3 Å². The number of carbonyl (C=O) groups is 1. The molecule has 0 amide bonds. The Kier molecular flexibility index (Phi) is 2.46. The Morgan fingerprint density at radius 1 is 1.83 bits per heavy atom. The van der Waals surface area contributed by atoms with Crippen molar-refractivity contribution < 1.29 is 9.18 Å². The van der Waals surface area contributed by atoms with E-state index in [2.05, 4.69) is 0 Å². The molecule has 5 heteroatoms. The molecule has 0 N–H and O–H groups in total. The zero-order chi connectivity index (χ0) is 9.14. The lowest BCUT2D eigenvalue weighted by molar-refractivity contribution is 0.0939. The molecule has 0 aromatic carbocycles. The minimum absolute atomic E-state index is 0.0434. The number of nitriles is 1. The molecule has 0 aliphatic heterocycles. The van der Waals surface area contributed by atoms with Gasteiger partial charge in [-0.05, 0) is 0 Å². The molecule has 0 atom stereocenters. The van der Waals surface area contributed by atoms with Gasteiger partial charge in [-0.15, -0.1) is 11.6 Å². The molecule has 1 aromatic heterocycles. The van der Waals surface area contributed by atoms with Crippen LogP contribution in [0.25, 0.3) is 0 Å². The average molecular weight is 187 g/mol. The summed E-state index contributed by atoms with van der Waals surface area (Å²) >= 11 is 5.22. The molecule has 1 rings (SSSR count). The van der Waals surface area contributed by atoms with Gasteiger partial charge >= 0.3 is 0 Å². The lowest BCUT2D eigenvalue weighted by atomic mass is 10.4. The first kappa shape index (κ1) is 8.75. The van der Waals surface area contributed by atoms with E-state index in [0.29, 0.717) is 0 Å². The second-order valence-electron chi connectivity index (χ2n) is 2.05. The van der Waals surface area contributed by atoms with E-state index in [9.17, 15) is 9.18 Å². The van der Waals surface area contributed by atoms with E-state index < -0.39 is 11.7 Å². The molecule has 0 unspecified atom stereocenters. The van der Waals surface area contributed by atoms with Crippen LogP contribution in [0.3, 0.4) is 0 Å². The van der Waals surface area contributed by atoms with Crippen molar-refractivity contribution in [3.05, 3.63) is 23.8 Å². The van der Waals surface area contributed by atoms with Gasteiger partial charge in [-0.1, -0.05) is 0 Å². The number of rotatable bonds is 1. The highest BCUT2D eigenvalue weighted by atomic mass is 35.5. The van der Waals surface area contributed by atoms with Gasteiger partial charge in [0.05, 0.1) is 0 Å². The number of alkyl halides is 1. The van der Waals surface area contributed by atoms with Gasteiger partial charge in [-0.25, -0.2) is 4.39 Å². The van der Waals surface area contributed by atoms with Crippen molar-refractivity contribution in [2.24, 2.45) is 0 Å². The first-order valence-corrected chi connectivity index (χ1v) is 3.59. The maximum absolute atomic E-state index is 12.5. The van der Waals surface area contributed by atoms with Gasteiger partial charge in [0.25, 0.3) is 0 Å². The van der Waals surface area contributed by atoms with Crippen molar-refractivity contribution in [1.29, 1.82) is 5.26 Å². The first-order chi connectivity index (χ1) is 5.69. The Morgan fingerprint density at radius 2 is 2.50 bits per heavy atom. The molecule has 1 heterocycles. The maximum atomic E-state index is 12.5. The zero-order valence-electron chi connectivity index (χ0n) is 5.92. The van der Waals surface area contributed by atoms with Crippen LogP contribution in [0, 0.1) is 17.1 Å². The van der Waals surface area contributed by atoms with Crippen LogP contribution >= 0.6 is 11.6 Å². The number of carbonyl (C=O) groups excluding carboxylic acids is 1. The third-order valence-corrected chi connectivity index (χ3v) is 1.51. The Morgan fingerprint density at radius 3 is 3.00 bits per heavy atom.